The molecular weight excluding hydrogens is 503 g/mol. The molecule has 0 saturated carbocycles. The SMILES string of the molecule is C#CCn1cc(-c2cnc(C(=O)Nc3ccc(C(=O)NCCOCCN)c(CC)c3)n2C)c(C(F)(F)F)n1. The van der Waals surface area contributed by atoms with Gasteiger partial charge in [-0.15, -0.1) is 6.42 Å². The Bertz CT molecular complexity index is 1340. The van der Waals surface area contributed by atoms with E-state index in [2.05, 4.69) is 26.6 Å². The summed E-state index contributed by atoms with van der Waals surface area (Å²) in [5.41, 5.74) is 5.56. The molecule has 38 heavy (non-hydrogen) atoms. The number of carbonyl (C=O) groups is 2. The fourth-order valence-electron chi connectivity index (χ4n) is 3.75. The first-order chi connectivity index (χ1) is 18.1. The van der Waals surface area contributed by atoms with Crippen molar-refractivity contribution in [3.05, 3.63) is 53.2 Å². The van der Waals surface area contributed by atoms with Crippen molar-refractivity contribution >= 4 is 17.5 Å². The molecule has 0 aliphatic heterocycles. The lowest BCUT2D eigenvalue weighted by Crippen LogP contribution is -2.28. The average molecular weight is 532 g/mol. The Morgan fingerprint density at radius 3 is 2.66 bits per heavy atom. The number of rotatable bonds is 11. The molecule has 0 aliphatic rings. The van der Waals surface area contributed by atoms with Gasteiger partial charge < -0.3 is 25.7 Å². The average Bonchev–Trinajstić information content (AvgIpc) is 3.47. The van der Waals surface area contributed by atoms with E-state index in [0.29, 0.717) is 49.5 Å². The lowest BCUT2D eigenvalue weighted by atomic mass is 10.0. The van der Waals surface area contributed by atoms with Crippen LogP contribution in [0.2, 0.25) is 0 Å². The highest BCUT2D eigenvalue weighted by Crippen LogP contribution is 2.36. The Morgan fingerprint density at radius 1 is 1.24 bits per heavy atom. The van der Waals surface area contributed by atoms with E-state index in [1.54, 1.807) is 18.2 Å². The van der Waals surface area contributed by atoms with Gasteiger partial charge in [0.2, 0.25) is 0 Å². The van der Waals surface area contributed by atoms with Crippen molar-refractivity contribution in [3.63, 3.8) is 0 Å². The number of hydrogen-bond donors (Lipinski definition) is 3. The van der Waals surface area contributed by atoms with Crippen molar-refractivity contribution in [3.8, 4) is 23.6 Å². The second kappa shape index (κ2) is 12.4. The van der Waals surface area contributed by atoms with Crippen LogP contribution in [0, 0.1) is 12.3 Å². The number of aromatic nitrogens is 4. The summed E-state index contributed by atoms with van der Waals surface area (Å²) in [6.45, 7) is 3.17. The van der Waals surface area contributed by atoms with E-state index in [4.69, 9.17) is 16.9 Å². The second-order valence-corrected chi connectivity index (χ2v) is 8.15. The number of benzene rings is 1. The monoisotopic (exact) mass is 531 g/mol. The molecule has 0 spiro atoms. The van der Waals surface area contributed by atoms with Gasteiger partial charge in [-0.2, -0.15) is 18.3 Å². The largest absolute Gasteiger partial charge is 0.435 e. The van der Waals surface area contributed by atoms with E-state index in [0.717, 1.165) is 4.68 Å². The first-order valence-corrected chi connectivity index (χ1v) is 11.7. The van der Waals surface area contributed by atoms with Crippen LogP contribution in [-0.4, -0.2) is 57.4 Å². The zero-order valence-electron chi connectivity index (χ0n) is 20.9. The molecule has 1 aromatic carbocycles. The maximum absolute atomic E-state index is 13.6. The molecule has 2 aromatic heterocycles. The predicted molar refractivity (Wildman–Crippen MR) is 134 cm³/mol. The quantitative estimate of drug-likeness (QED) is 0.258. The number of nitrogens with two attached hydrogens (primary N) is 1. The smallest absolute Gasteiger partial charge is 0.378 e. The van der Waals surface area contributed by atoms with Crippen LogP contribution in [0.25, 0.3) is 11.3 Å². The predicted octanol–water partition coefficient (Wildman–Crippen LogP) is 2.46. The first kappa shape index (κ1) is 28.4. The van der Waals surface area contributed by atoms with Crippen LogP contribution in [0.15, 0.2) is 30.6 Å². The van der Waals surface area contributed by atoms with Crippen LogP contribution in [0.5, 0.6) is 0 Å². The molecule has 0 fully saturated rings. The number of hydrogen-bond acceptors (Lipinski definition) is 6. The van der Waals surface area contributed by atoms with Crippen molar-refractivity contribution in [2.24, 2.45) is 12.8 Å². The van der Waals surface area contributed by atoms with E-state index in [-0.39, 0.29) is 29.5 Å². The molecule has 0 saturated heterocycles. The molecule has 3 aromatic rings. The van der Waals surface area contributed by atoms with Crippen molar-refractivity contribution in [2.75, 3.05) is 31.6 Å². The van der Waals surface area contributed by atoms with Gasteiger partial charge in [-0.25, -0.2) is 4.98 Å². The van der Waals surface area contributed by atoms with Crippen molar-refractivity contribution < 1.29 is 27.5 Å². The van der Waals surface area contributed by atoms with Crippen LogP contribution in [-0.2, 0) is 30.9 Å². The van der Waals surface area contributed by atoms with Crippen LogP contribution in [0.3, 0.4) is 0 Å². The Hall–Kier alpha value is -4.15. The number of anilines is 1. The highest BCUT2D eigenvalue weighted by Gasteiger charge is 2.38. The van der Waals surface area contributed by atoms with Crippen molar-refractivity contribution in [1.82, 2.24) is 24.6 Å². The van der Waals surface area contributed by atoms with Gasteiger partial charge in [0.15, 0.2) is 11.5 Å². The summed E-state index contributed by atoms with van der Waals surface area (Å²) in [4.78, 5) is 29.5. The Labute approximate surface area is 217 Å². The number of carbonyl (C=O) groups excluding carboxylic acids is 2. The standard InChI is InChI=1S/C25H28F3N7O3/c1-4-10-35-15-19(21(33-35)25(26,27)28)20-14-31-22(34(20)3)24(37)32-17-6-7-18(16(5-2)13-17)23(36)30-9-12-38-11-8-29/h1,6-7,13-15H,5,8-12,29H2,2-3H3,(H,30,36)(H,32,37). The molecule has 13 heteroatoms. The summed E-state index contributed by atoms with van der Waals surface area (Å²) in [7, 11) is 1.43. The van der Waals surface area contributed by atoms with E-state index in [1.165, 1.54) is 24.0 Å². The second-order valence-electron chi connectivity index (χ2n) is 8.15. The van der Waals surface area contributed by atoms with Gasteiger partial charge in [0.25, 0.3) is 11.8 Å². The number of terminal acetylenes is 1. The van der Waals surface area contributed by atoms with Gasteiger partial charge in [0, 0.05) is 37.6 Å². The van der Waals surface area contributed by atoms with E-state index in [9.17, 15) is 22.8 Å². The van der Waals surface area contributed by atoms with Crippen LogP contribution in [0.1, 0.15) is 39.2 Å². The zero-order chi connectivity index (χ0) is 27.9. The Morgan fingerprint density at radius 2 is 2.00 bits per heavy atom. The fraction of sp³-hybridized carbons (Fsp3) is 0.360. The summed E-state index contributed by atoms with van der Waals surface area (Å²) >= 11 is 0. The lowest BCUT2D eigenvalue weighted by molar-refractivity contribution is -0.141. The van der Waals surface area contributed by atoms with E-state index >= 15 is 0 Å². The number of alkyl halides is 3. The highest BCUT2D eigenvalue weighted by atomic mass is 19.4. The first-order valence-electron chi connectivity index (χ1n) is 11.7. The lowest BCUT2D eigenvalue weighted by Gasteiger charge is -2.12. The third-order valence-corrected chi connectivity index (χ3v) is 5.53. The molecule has 2 amide bonds. The fourth-order valence-corrected chi connectivity index (χ4v) is 3.75. The molecular formula is C25H28F3N7O3. The third kappa shape index (κ3) is 6.58. The number of halogens is 3. The summed E-state index contributed by atoms with van der Waals surface area (Å²) in [6.07, 6.45) is 3.33. The molecule has 2 heterocycles. The third-order valence-electron chi connectivity index (χ3n) is 5.53. The molecule has 4 N–H and O–H groups in total. The van der Waals surface area contributed by atoms with E-state index in [1.807, 2.05) is 6.92 Å². The molecule has 3 rings (SSSR count). The molecule has 0 aliphatic carbocycles. The van der Waals surface area contributed by atoms with Crippen LogP contribution >= 0.6 is 0 Å². The minimum atomic E-state index is -4.73. The Balaban J connectivity index is 1.78. The molecule has 0 radical (unpaired) electrons. The molecule has 202 valence electrons. The van der Waals surface area contributed by atoms with Gasteiger partial charge in [0.05, 0.1) is 30.7 Å². The minimum absolute atomic E-state index is 0.0439. The maximum atomic E-state index is 13.6. The number of imidazole rings is 1. The van der Waals surface area contributed by atoms with Crippen LogP contribution in [0.4, 0.5) is 18.9 Å². The summed E-state index contributed by atoms with van der Waals surface area (Å²) in [5.74, 6) is 1.21. The zero-order valence-corrected chi connectivity index (χ0v) is 20.9. The molecule has 0 unspecified atom stereocenters. The molecule has 0 atom stereocenters. The van der Waals surface area contributed by atoms with Crippen LogP contribution < -0.4 is 16.4 Å². The van der Waals surface area contributed by atoms with Crippen molar-refractivity contribution in [2.45, 2.75) is 26.1 Å². The van der Waals surface area contributed by atoms with Gasteiger partial charge in [0.1, 0.15) is 6.54 Å². The topological polar surface area (TPSA) is 129 Å². The highest BCUT2D eigenvalue weighted by molar-refractivity contribution is 6.03. The van der Waals surface area contributed by atoms with Gasteiger partial charge in [-0.1, -0.05) is 12.8 Å². The number of nitrogens with zero attached hydrogens (tertiary/aromatic N) is 4. The van der Waals surface area contributed by atoms with Crippen molar-refractivity contribution in [1.29, 1.82) is 0 Å². The normalized spacial score (nSPS) is 11.3. The van der Waals surface area contributed by atoms with Gasteiger partial charge in [-0.3, -0.25) is 14.3 Å². The number of amides is 2. The van der Waals surface area contributed by atoms with E-state index < -0.39 is 17.8 Å². The maximum Gasteiger partial charge on any atom is 0.435 e. The molecule has 10 nitrogen and oxygen atoms in total. The Kier molecular flexibility index (Phi) is 9.27. The minimum Gasteiger partial charge on any atom is -0.378 e. The summed E-state index contributed by atoms with van der Waals surface area (Å²) in [5, 5.41) is 9.00. The molecule has 0 bridgehead atoms. The van der Waals surface area contributed by atoms with Gasteiger partial charge in [-0.05, 0) is 30.2 Å². The number of aryl methyl sites for hydroxylation is 1. The number of ether oxygens (including phenoxy) is 1. The van der Waals surface area contributed by atoms with Gasteiger partial charge >= 0.3 is 6.18 Å². The number of nitrogens with one attached hydrogen (secondary N) is 2. The summed E-state index contributed by atoms with van der Waals surface area (Å²) in [6, 6.07) is 4.81. The summed E-state index contributed by atoms with van der Waals surface area (Å²) < 4.78 is 48.2.